The van der Waals surface area contributed by atoms with Crippen LogP contribution in [0.1, 0.15) is 5.56 Å². The van der Waals surface area contributed by atoms with E-state index in [-0.39, 0.29) is 0 Å². The Morgan fingerprint density at radius 2 is 1.86 bits per heavy atom. The van der Waals surface area contributed by atoms with E-state index in [2.05, 4.69) is 57.2 Å². The van der Waals surface area contributed by atoms with Gasteiger partial charge in [-0.2, -0.15) is 0 Å². The zero-order valence-corrected chi connectivity index (χ0v) is 13.2. The van der Waals surface area contributed by atoms with Crippen molar-refractivity contribution in [3.05, 3.63) is 36.0 Å². The first-order valence-corrected chi connectivity index (χ1v) is 7.90. The van der Waals surface area contributed by atoms with Gasteiger partial charge in [0, 0.05) is 62.9 Å². The van der Waals surface area contributed by atoms with E-state index in [1.807, 2.05) is 7.05 Å². The number of piperazine rings is 1. The number of fused-ring (bicyclic) bond motifs is 1. The topological polar surface area (TPSA) is 23.4 Å². The molecule has 4 nitrogen and oxygen atoms in total. The highest BCUT2D eigenvalue weighted by atomic mass is 15.2. The molecule has 1 aliphatic heterocycles. The van der Waals surface area contributed by atoms with Crippen LogP contribution in [0.25, 0.3) is 10.9 Å². The summed E-state index contributed by atoms with van der Waals surface area (Å²) in [6.07, 6.45) is 2.24. The van der Waals surface area contributed by atoms with Crippen LogP contribution >= 0.6 is 0 Å². The molecule has 21 heavy (non-hydrogen) atoms. The van der Waals surface area contributed by atoms with Crippen LogP contribution < -0.4 is 5.32 Å². The molecule has 0 spiro atoms. The quantitative estimate of drug-likeness (QED) is 0.903. The van der Waals surface area contributed by atoms with Crippen molar-refractivity contribution in [2.24, 2.45) is 0 Å². The second-order valence-electron chi connectivity index (χ2n) is 6.03. The monoisotopic (exact) mass is 286 g/mol. The van der Waals surface area contributed by atoms with E-state index in [0.29, 0.717) is 0 Å². The fraction of sp³-hybridized carbons (Fsp3) is 0.529. The summed E-state index contributed by atoms with van der Waals surface area (Å²) >= 11 is 0. The highest BCUT2D eigenvalue weighted by Gasteiger charge is 2.13. The lowest BCUT2D eigenvalue weighted by molar-refractivity contribution is 0.150. The van der Waals surface area contributed by atoms with Crippen molar-refractivity contribution >= 4 is 10.9 Å². The largest absolute Gasteiger partial charge is 0.346 e. The van der Waals surface area contributed by atoms with Gasteiger partial charge in [0.2, 0.25) is 0 Å². The molecule has 1 saturated heterocycles. The molecule has 1 N–H and O–H groups in total. The second kappa shape index (κ2) is 6.60. The molecule has 4 heteroatoms. The third kappa shape index (κ3) is 3.28. The molecule has 2 heterocycles. The van der Waals surface area contributed by atoms with Crippen LogP contribution in [0.4, 0.5) is 0 Å². The van der Waals surface area contributed by atoms with Gasteiger partial charge in [-0.15, -0.1) is 0 Å². The minimum absolute atomic E-state index is 0.930. The van der Waals surface area contributed by atoms with Gasteiger partial charge in [-0.1, -0.05) is 12.1 Å². The fourth-order valence-corrected chi connectivity index (χ4v) is 3.15. The summed E-state index contributed by atoms with van der Waals surface area (Å²) in [5.41, 5.74) is 2.74. The minimum atomic E-state index is 0.930. The first-order chi connectivity index (χ1) is 10.3. The smallest absolute Gasteiger partial charge is 0.0483 e. The molecular weight excluding hydrogens is 260 g/mol. The maximum Gasteiger partial charge on any atom is 0.0483 e. The van der Waals surface area contributed by atoms with E-state index in [1.165, 1.54) is 42.6 Å². The highest BCUT2D eigenvalue weighted by molar-refractivity contribution is 5.83. The van der Waals surface area contributed by atoms with Crippen molar-refractivity contribution in [3.8, 4) is 0 Å². The average Bonchev–Trinajstić information content (AvgIpc) is 2.91. The Morgan fingerprint density at radius 3 is 2.62 bits per heavy atom. The Labute approximate surface area is 127 Å². The van der Waals surface area contributed by atoms with E-state index < -0.39 is 0 Å². The van der Waals surface area contributed by atoms with Crippen LogP contribution in [0.15, 0.2) is 30.5 Å². The first kappa shape index (κ1) is 14.6. The molecule has 3 rings (SSSR count). The molecule has 1 aromatic heterocycles. The van der Waals surface area contributed by atoms with E-state index in [9.17, 15) is 0 Å². The van der Waals surface area contributed by atoms with Gasteiger partial charge in [-0.25, -0.2) is 0 Å². The molecule has 114 valence electrons. The summed E-state index contributed by atoms with van der Waals surface area (Å²) in [5, 5.41) is 4.63. The fourth-order valence-electron chi connectivity index (χ4n) is 3.15. The van der Waals surface area contributed by atoms with Gasteiger partial charge in [0.25, 0.3) is 0 Å². The number of aromatic nitrogens is 1. The molecule has 0 saturated carbocycles. The molecule has 0 aliphatic carbocycles. The van der Waals surface area contributed by atoms with Gasteiger partial charge < -0.3 is 14.8 Å². The summed E-state index contributed by atoms with van der Waals surface area (Å²) in [5.74, 6) is 0. The van der Waals surface area contributed by atoms with Crippen molar-refractivity contribution in [1.82, 2.24) is 19.7 Å². The van der Waals surface area contributed by atoms with E-state index in [1.54, 1.807) is 0 Å². The third-order valence-electron chi connectivity index (χ3n) is 4.52. The van der Waals surface area contributed by atoms with Crippen molar-refractivity contribution in [2.75, 3.05) is 46.8 Å². The summed E-state index contributed by atoms with van der Waals surface area (Å²) in [4.78, 5) is 4.98. The Morgan fingerprint density at radius 1 is 1.05 bits per heavy atom. The number of hydrogen-bond acceptors (Lipinski definition) is 3. The lowest BCUT2D eigenvalue weighted by Gasteiger charge is -2.32. The highest BCUT2D eigenvalue weighted by Crippen LogP contribution is 2.20. The molecule has 0 unspecified atom stereocenters. The molecule has 1 aromatic carbocycles. The number of benzene rings is 1. The summed E-state index contributed by atoms with van der Waals surface area (Å²) in [7, 11) is 4.21. The van der Waals surface area contributed by atoms with Crippen molar-refractivity contribution < 1.29 is 0 Å². The predicted octanol–water partition coefficient (Wildman–Crippen LogP) is 1.61. The SMILES string of the molecule is CNCc1cccc2c1ccn2CCN1CCN(C)CC1. The first-order valence-electron chi connectivity index (χ1n) is 7.90. The van der Waals surface area contributed by atoms with E-state index in [0.717, 1.165) is 19.6 Å². The summed E-state index contributed by atoms with van der Waals surface area (Å²) in [6, 6.07) is 8.87. The van der Waals surface area contributed by atoms with Gasteiger partial charge in [-0.05, 0) is 31.8 Å². The normalized spacial score (nSPS) is 17.6. The van der Waals surface area contributed by atoms with Crippen LogP contribution in [0, 0.1) is 0 Å². The molecular formula is C17H26N4. The lowest BCUT2D eigenvalue weighted by atomic mass is 10.1. The third-order valence-corrected chi connectivity index (χ3v) is 4.52. The molecule has 0 radical (unpaired) electrons. The number of nitrogens with one attached hydrogen (secondary N) is 1. The van der Waals surface area contributed by atoms with Crippen LogP contribution in [-0.2, 0) is 13.1 Å². The van der Waals surface area contributed by atoms with Crippen molar-refractivity contribution in [3.63, 3.8) is 0 Å². The Kier molecular flexibility index (Phi) is 4.58. The van der Waals surface area contributed by atoms with E-state index in [4.69, 9.17) is 0 Å². The molecule has 0 amide bonds. The average molecular weight is 286 g/mol. The number of nitrogens with zero attached hydrogens (tertiary/aromatic N) is 3. The summed E-state index contributed by atoms with van der Waals surface area (Å²) in [6.45, 7) is 7.93. The van der Waals surface area contributed by atoms with Crippen LogP contribution in [0.2, 0.25) is 0 Å². The van der Waals surface area contributed by atoms with Gasteiger partial charge in [0.05, 0.1) is 0 Å². The molecule has 0 atom stereocenters. The lowest BCUT2D eigenvalue weighted by Crippen LogP contribution is -2.45. The number of rotatable bonds is 5. The number of hydrogen-bond donors (Lipinski definition) is 1. The minimum Gasteiger partial charge on any atom is -0.346 e. The maximum absolute atomic E-state index is 3.25. The Hall–Kier alpha value is -1.36. The zero-order valence-electron chi connectivity index (χ0n) is 13.2. The Bertz CT molecular complexity index is 581. The van der Waals surface area contributed by atoms with Crippen molar-refractivity contribution in [2.45, 2.75) is 13.1 Å². The van der Waals surface area contributed by atoms with Crippen molar-refractivity contribution in [1.29, 1.82) is 0 Å². The zero-order chi connectivity index (χ0) is 14.7. The van der Waals surface area contributed by atoms with Crippen LogP contribution in [0.3, 0.4) is 0 Å². The summed E-state index contributed by atoms with van der Waals surface area (Å²) < 4.78 is 2.40. The Balaban J connectivity index is 1.68. The van der Waals surface area contributed by atoms with Gasteiger partial charge in [0.15, 0.2) is 0 Å². The van der Waals surface area contributed by atoms with Gasteiger partial charge >= 0.3 is 0 Å². The van der Waals surface area contributed by atoms with Gasteiger partial charge in [-0.3, -0.25) is 4.90 Å². The van der Waals surface area contributed by atoms with E-state index >= 15 is 0 Å². The van der Waals surface area contributed by atoms with Gasteiger partial charge in [0.1, 0.15) is 0 Å². The number of likely N-dealkylation sites (N-methyl/N-ethyl adjacent to an activating group) is 1. The predicted molar refractivity (Wildman–Crippen MR) is 88.6 cm³/mol. The molecule has 1 fully saturated rings. The van der Waals surface area contributed by atoms with Crippen LogP contribution in [0.5, 0.6) is 0 Å². The molecule has 2 aromatic rings. The van der Waals surface area contributed by atoms with Crippen LogP contribution in [-0.4, -0.2) is 61.2 Å². The molecule has 0 bridgehead atoms. The molecule has 1 aliphatic rings. The second-order valence-corrected chi connectivity index (χ2v) is 6.03. The standard InChI is InChI=1S/C17H26N4/c1-18-14-15-4-3-5-17-16(15)6-7-21(17)13-12-20-10-8-19(2)9-11-20/h3-7,18H,8-14H2,1-2H3. The maximum atomic E-state index is 3.25.